The third-order valence-corrected chi connectivity index (χ3v) is 14.9. The highest BCUT2D eigenvalue weighted by Gasteiger charge is 2.40. The lowest BCUT2D eigenvalue weighted by Crippen LogP contribution is -2.16. The number of para-hydroxylation sites is 2. The van der Waals surface area contributed by atoms with E-state index in [1.807, 2.05) is 0 Å². The minimum Gasteiger partial charge on any atom is -0.309 e. The Morgan fingerprint density at radius 2 is 0.712 bits per heavy atom. The van der Waals surface area contributed by atoms with E-state index in [-0.39, 0.29) is 5.41 Å². The Bertz CT molecular complexity index is 4110. The van der Waals surface area contributed by atoms with Crippen LogP contribution < -0.4 is 0 Å². The second-order valence-corrected chi connectivity index (χ2v) is 18.7. The van der Waals surface area contributed by atoms with E-state index in [0.29, 0.717) is 0 Å². The van der Waals surface area contributed by atoms with Gasteiger partial charge in [-0.05, 0) is 146 Å². The van der Waals surface area contributed by atoms with Crippen molar-refractivity contribution in [3.05, 3.63) is 236 Å². The summed E-state index contributed by atoms with van der Waals surface area (Å²) in [6, 6.07) is 83.7. The first-order valence-electron chi connectivity index (χ1n) is 23.2. The van der Waals surface area contributed by atoms with Crippen molar-refractivity contribution in [1.82, 2.24) is 4.57 Å². The van der Waals surface area contributed by atoms with Crippen molar-refractivity contribution in [2.45, 2.75) is 19.3 Å². The van der Waals surface area contributed by atoms with Gasteiger partial charge in [0, 0.05) is 21.9 Å². The zero-order valence-electron chi connectivity index (χ0n) is 36.8. The van der Waals surface area contributed by atoms with E-state index in [0.717, 1.165) is 0 Å². The fourth-order valence-corrected chi connectivity index (χ4v) is 12.1. The monoisotopic (exact) mass is 837 g/mol. The Balaban J connectivity index is 0.943. The van der Waals surface area contributed by atoms with Crippen molar-refractivity contribution in [1.29, 1.82) is 0 Å². The quantitative estimate of drug-likeness (QED) is 0.123. The highest BCUT2D eigenvalue weighted by molar-refractivity contribution is 6.24. The third kappa shape index (κ3) is 5.11. The molecule has 1 aromatic heterocycles. The molecule has 1 aliphatic rings. The molecule has 0 amide bonds. The highest BCUT2D eigenvalue weighted by Crippen LogP contribution is 2.58. The molecule has 1 heteroatoms. The number of hydrogen-bond donors (Lipinski definition) is 0. The molecule has 1 nitrogen and oxygen atoms in total. The molecule has 0 fully saturated rings. The van der Waals surface area contributed by atoms with Crippen LogP contribution in [0.25, 0.3) is 126 Å². The lowest BCUT2D eigenvalue weighted by atomic mass is 9.78. The van der Waals surface area contributed by atoms with Gasteiger partial charge in [0.2, 0.25) is 0 Å². The van der Waals surface area contributed by atoms with Gasteiger partial charge in [-0.15, -0.1) is 0 Å². The number of rotatable bonds is 4. The van der Waals surface area contributed by atoms with Crippen molar-refractivity contribution in [3.8, 4) is 50.2 Å². The highest BCUT2D eigenvalue weighted by atomic mass is 15.0. The fraction of sp³-hybridized carbons (Fsp3) is 0.0462. The largest absolute Gasteiger partial charge is 0.309 e. The molecule has 0 unspecified atom stereocenters. The number of hydrogen-bond acceptors (Lipinski definition) is 0. The van der Waals surface area contributed by atoms with Crippen LogP contribution in [0.1, 0.15) is 25.0 Å². The van der Waals surface area contributed by atoms with Gasteiger partial charge in [0.25, 0.3) is 0 Å². The Labute approximate surface area is 383 Å². The van der Waals surface area contributed by atoms with Gasteiger partial charge in [-0.25, -0.2) is 0 Å². The molecule has 0 N–H and O–H groups in total. The van der Waals surface area contributed by atoms with Crippen LogP contribution in [-0.4, -0.2) is 4.57 Å². The van der Waals surface area contributed by atoms with Gasteiger partial charge in [-0.3, -0.25) is 0 Å². The topological polar surface area (TPSA) is 4.93 Å². The predicted molar refractivity (Wildman–Crippen MR) is 282 cm³/mol. The first kappa shape index (κ1) is 37.1. The summed E-state index contributed by atoms with van der Waals surface area (Å²) in [5, 5.41) is 15.5. The first-order chi connectivity index (χ1) is 32.5. The summed E-state index contributed by atoms with van der Waals surface area (Å²) in [6.07, 6.45) is 0. The van der Waals surface area contributed by atoms with E-state index in [2.05, 4.69) is 243 Å². The molecule has 308 valence electrons. The number of fused-ring (bicyclic) bond motifs is 15. The van der Waals surface area contributed by atoms with Crippen LogP contribution in [0.3, 0.4) is 0 Å². The summed E-state index contributed by atoms with van der Waals surface area (Å²) < 4.78 is 2.40. The SMILES string of the molecule is CC1(C)c2cc(-c3ccc(-c4c5ccccc5c(-c5ccc6c(c5)c5ccccc5n6-c5ccccc5)c5ccccc45)cc3)c3ccccc3c2-c2c1c1ccccc1c1ccccc21. The minimum absolute atomic E-state index is 0.198. The average Bonchev–Trinajstić information content (AvgIpc) is 3.83. The van der Waals surface area contributed by atoms with Crippen molar-refractivity contribution in [3.63, 3.8) is 0 Å². The number of nitrogens with zero attached hydrogens (tertiary/aromatic N) is 1. The van der Waals surface area contributed by atoms with Crippen LogP contribution in [0.15, 0.2) is 224 Å². The van der Waals surface area contributed by atoms with Crippen molar-refractivity contribution in [2.24, 2.45) is 0 Å². The molecule has 0 bridgehead atoms. The molecular weight excluding hydrogens is 795 g/mol. The van der Waals surface area contributed by atoms with E-state index < -0.39 is 0 Å². The maximum atomic E-state index is 2.52. The second-order valence-electron chi connectivity index (χ2n) is 18.7. The Hall–Kier alpha value is -8.26. The molecule has 13 aromatic rings. The molecule has 0 aliphatic heterocycles. The summed E-state index contributed by atoms with van der Waals surface area (Å²) in [6.45, 7) is 4.86. The minimum atomic E-state index is -0.198. The Kier molecular flexibility index (Phi) is 7.81. The number of benzene rings is 12. The fourth-order valence-electron chi connectivity index (χ4n) is 12.1. The predicted octanol–water partition coefficient (Wildman–Crippen LogP) is 17.9. The maximum absolute atomic E-state index is 2.52. The molecule has 1 heterocycles. The Morgan fingerprint density at radius 3 is 1.33 bits per heavy atom. The van der Waals surface area contributed by atoms with Crippen LogP contribution in [-0.2, 0) is 5.41 Å². The molecule has 1 aliphatic carbocycles. The third-order valence-electron chi connectivity index (χ3n) is 14.9. The van der Waals surface area contributed by atoms with Crippen molar-refractivity contribution < 1.29 is 0 Å². The average molecular weight is 838 g/mol. The maximum Gasteiger partial charge on any atom is 0.0541 e. The van der Waals surface area contributed by atoms with Gasteiger partial charge < -0.3 is 4.57 Å². The lowest BCUT2D eigenvalue weighted by Gasteiger charge is -2.25. The van der Waals surface area contributed by atoms with Gasteiger partial charge >= 0.3 is 0 Å². The summed E-state index contributed by atoms with van der Waals surface area (Å²) in [7, 11) is 0. The van der Waals surface area contributed by atoms with Gasteiger partial charge in [-0.1, -0.05) is 202 Å². The Morgan fingerprint density at radius 1 is 0.288 bits per heavy atom. The van der Waals surface area contributed by atoms with Gasteiger partial charge in [0.1, 0.15) is 0 Å². The van der Waals surface area contributed by atoms with Gasteiger partial charge in [-0.2, -0.15) is 0 Å². The van der Waals surface area contributed by atoms with Crippen molar-refractivity contribution >= 4 is 75.7 Å². The van der Waals surface area contributed by atoms with Gasteiger partial charge in [0.15, 0.2) is 0 Å². The van der Waals surface area contributed by atoms with E-state index in [1.54, 1.807) is 0 Å². The van der Waals surface area contributed by atoms with Gasteiger partial charge in [0.05, 0.1) is 11.0 Å². The second kappa shape index (κ2) is 13.9. The van der Waals surface area contributed by atoms with E-state index >= 15 is 0 Å². The summed E-state index contributed by atoms with van der Waals surface area (Å²) in [5.74, 6) is 0. The van der Waals surface area contributed by atoms with Crippen LogP contribution in [0, 0.1) is 0 Å². The molecule has 0 spiro atoms. The van der Waals surface area contributed by atoms with Crippen LogP contribution in [0.2, 0.25) is 0 Å². The molecular formula is C65H43N. The van der Waals surface area contributed by atoms with E-state index in [1.165, 1.54) is 137 Å². The molecule has 66 heavy (non-hydrogen) atoms. The normalized spacial score (nSPS) is 13.1. The molecule has 14 rings (SSSR count). The summed E-state index contributed by atoms with van der Waals surface area (Å²) in [5.41, 5.74) is 16.5. The van der Waals surface area contributed by atoms with Crippen LogP contribution in [0.4, 0.5) is 0 Å². The zero-order chi connectivity index (χ0) is 43.7. The van der Waals surface area contributed by atoms with Crippen LogP contribution in [0.5, 0.6) is 0 Å². The lowest BCUT2D eigenvalue weighted by molar-refractivity contribution is 0.667. The summed E-state index contributed by atoms with van der Waals surface area (Å²) in [4.78, 5) is 0. The van der Waals surface area contributed by atoms with E-state index in [4.69, 9.17) is 0 Å². The van der Waals surface area contributed by atoms with Crippen molar-refractivity contribution in [2.75, 3.05) is 0 Å². The molecule has 0 radical (unpaired) electrons. The summed E-state index contributed by atoms with van der Waals surface area (Å²) >= 11 is 0. The standard InChI is InChI=1S/C65H43N/c1-65(2)57-39-55(46-22-7-9-24-48(46)62(57)63-49-25-10-6-20-44(49)45-21-8-15-30-54(45)64(63)65)40-32-34-41(35-33-40)60-50-26-11-13-28-52(50)61(53-29-14-12-27-51(53)60)42-36-37-59-56(38-42)47-23-16-17-31-58(47)66(59)43-18-4-3-5-19-43/h3-39H,1-2H3. The number of aromatic nitrogens is 1. The zero-order valence-corrected chi connectivity index (χ0v) is 36.8. The first-order valence-corrected chi connectivity index (χ1v) is 23.2. The molecule has 0 atom stereocenters. The molecule has 0 saturated carbocycles. The van der Waals surface area contributed by atoms with E-state index in [9.17, 15) is 0 Å². The van der Waals surface area contributed by atoms with Crippen LogP contribution >= 0.6 is 0 Å². The molecule has 12 aromatic carbocycles. The smallest absolute Gasteiger partial charge is 0.0541 e. The molecule has 0 saturated heterocycles.